The maximum Gasteiger partial charge on any atom is 0.434 e. The Morgan fingerprint density at radius 1 is 0.340 bits per heavy atom. The molecule has 0 radical (unpaired) electrons. The van der Waals surface area contributed by atoms with Gasteiger partial charge in [-0.25, -0.2) is 0 Å². The standard InChI is InChI=1S/C42H26B2N2O4/c1-3-13-27(14-4-1)45-31-17-11-23-39-41(31)43(49-37-21-9-7-19-35(37)47-39)29-25-30-34(26-33(29)45)46(28-15-5-2-6-16-28)32-18-12-24-40-42(32)44(30)50-38-22-10-8-20-36(38)48-40/h1-26H. The molecule has 7 aromatic rings. The van der Waals surface area contributed by atoms with Crippen LogP contribution in [0.4, 0.5) is 34.1 Å². The summed E-state index contributed by atoms with van der Waals surface area (Å²) in [5.74, 6) is 4.32. The van der Waals surface area contributed by atoms with Crippen molar-refractivity contribution in [3.8, 4) is 34.5 Å². The highest BCUT2D eigenvalue weighted by Crippen LogP contribution is 2.46. The van der Waals surface area contributed by atoms with Crippen molar-refractivity contribution in [1.29, 1.82) is 0 Å². The molecule has 0 spiro atoms. The van der Waals surface area contributed by atoms with Gasteiger partial charge in [0.15, 0.2) is 11.5 Å². The van der Waals surface area contributed by atoms with E-state index in [0.29, 0.717) is 23.0 Å². The predicted octanol–water partition coefficient (Wildman–Crippen LogP) is 7.83. The van der Waals surface area contributed by atoms with Crippen LogP contribution in [-0.2, 0) is 0 Å². The van der Waals surface area contributed by atoms with Crippen LogP contribution in [0, 0.1) is 0 Å². The molecule has 50 heavy (non-hydrogen) atoms. The van der Waals surface area contributed by atoms with Gasteiger partial charge in [-0.3, -0.25) is 0 Å². The van der Waals surface area contributed by atoms with Crippen molar-refractivity contribution in [2.75, 3.05) is 9.80 Å². The number of para-hydroxylation sites is 6. The molecule has 0 unspecified atom stereocenters. The topological polar surface area (TPSA) is 43.4 Å². The molecule has 0 amide bonds. The molecule has 0 saturated heterocycles. The molecule has 0 N–H and O–H groups in total. The molecule has 234 valence electrons. The number of benzene rings is 7. The quantitative estimate of drug-likeness (QED) is 0.179. The minimum atomic E-state index is -0.443. The van der Waals surface area contributed by atoms with Gasteiger partial charge >= 0.3 is 13.8 Å². The fourth-order valence-corrected chi connectivity index (χ4v) is 7.86. The van der Waals surface area contributed by atoms with E-state index in [1.54, 1.807) is 0 Å². The minimum absolute atomic E-state index is 0.443. The molecule has 0 bridgehead atoms. The normalized spacial score (nSPS) is 14.1. The molecule has 6 nitrogen and oxygen atoms in total. The first kappa shape index (κ1) is 27.4. The SMILES string of the molecule is c1ccc(N2c3cc4c(cc3B3Oc5ccccc5Oc5cccc2c53)B2Oc3ccccc3Oc3cccc(c32)N4c2ccccc2)cc1. The molecule has 0 fully saturated rings. The summed E-state index contributed by atoms with van der Waals surface area (Å²) in [7, 11) is 0. The molecule has 7 aromatic carbocycles. The molecule has 4 heterocycles. The zero-order chi connectivity index (χ0) is 32.8. The highest BCUT2D eigenvalue weighted by atomic mass is 16.5. The predicted molar refractivity (Wildman–Crippen MR) is 200 cm³/mol. The van der Waals surface area contributed by atoms with Gasteiger partial charge in [-0.2, -0.15) is 0 Å². The summed E-state index contributed by atoms with van der Waals surface area (Å²) in [6.45, 7) is -0.887. The Morgan fingerprint density at radius 2 is 0.740 bits per heavy atom. The number of nitrogens with zero attached hydrogens (tertiary/aromatic N) is 2. The van der Waals surface area contributed by atoms with Gasteiger partial charge in [0.2, 0.25) is 0 Å². The van der Waals surface area contributed by atoms with Crippen molar-refractivity contribution < 1.29 is 18.8 Å². The summed E-state index contributed by atoms with van der Waals surface area (Å²) < 4.78 is 27.2. The van der Waals surface area contributed by atoms with E-state index in [9.17, 15) is 0 Å². The minimum Gasteiger partial charge on any atom is -0.549 e. The molecule has 4 aliphatic rings. The third kappa shape index (κ3) is 3.93. The number of anilines is 6. The first-order valence-corrected chi connectivity index (χ1v) is 16.8. The Balaban J connectivity index is 1.23. The van der Waals surface area contributed by atoms with Gasteiger partial charge < -0.3 is 28.6 Å². The van der Waals surface area contributed by atoms with E-state index in [2.05, 4.69) is 94.7 Å². The highest BCUT2D eigenvalue weighted by molar-refractivity contribution is 6.88. The summed E-state index contributed by atoms with van der Waals surface area (Å²) in [4.78, 5) is 4.66. The summed E-state index contributed by atoms with van der Waals surface area (Å²) in [5, 5.41) is 0. The lowest BCUT2D eigenvalue weighted by Crippen LogP contribution is -2.59. The maximum absolute atomic E-state index is 7.00. The average Bonchev–Trinajstić information content (AvgIpc) is 3.45. The lowest BCUT2D eigenvalue weighted by Gasteiger charge is -2.40. The zero-order valence-electron chi connectivity index (χ0n) is 26.7. The molecule has 8 heteroatoms. The Kier molecular flexibility index (Phi) is 5.75. The van der Waals surface area contributed by atoms with E-state index in [1.807, 2.05) is 72.8 Å². The monoisotopic (exact) mass is 644 g/mol. The number of ether oxygens (including phenoxy) is 2. The largest absolute Gasteiger partial charge is 0.549 e. The van der Waals surface area contributed by atoms with Gasteiger partial charge in [-0.15, -0.1) is 0 Å². The average molecular weight is 644 g/mol. The lowest BCUT2D eigenvalue weighted by atomic mass is 9.47. The third-order valence-electron chi connectivity index (χ3n) is 9.97. The van der Waals surface area contributed by atoms with Crippen LogP contribution in [0.25, 0.3) is 0 Å². The smallest absolute Gasteiger partial charge is 0.434 e. The van der Waals surface area contributed by atoms with E-state index in [-0.39, 0.29) is 0 Å². The van der Waals surface area contributed by atoms with Crippen LogP contribution >= 0.6 is 0 Å². The van der Waals surface area contributed by atoms with Crippen LogP contribution < -0.4 is 50.4 Å². The second-order valence-corrected chi connectivity index (χ2v) is 12.8. The first-order valence-electron chi connectivity index (χ1n) is 16.8. The van der Waals surface area contributed by atoms with Crippen LogP contribution in [-0.4, -0.2) is 13.8 Å². The molecule has 0 aliphatic carbocycles. The van der Waals surface area contributed by atoms with Crippen molar-refractivity contribution in [3.05, 3.63) is 158 Å². The van der Waals surface area contributed by atoms with Crippen molar-refractivity contribution in [3.63, 3.8) is 0 Å². The van der Waals surface area contributed by atoms with Crippen LogP contribution in [0.5, 0.6) is 34.5 Å². The fraction of sp³-hybridized carbons (Fsp3) is 0. The molecule has 0 aromatic heterocycles. The van der Waals surface area contributed by atoms with Gasteiger partial charge in [0, 0.05) is 45.0 Å². The number of rotatable bonds is 2. The Labute approximate surface area is 289 Å². The Hall–Kier alpha value is -6.53. The molecule has 11 rings (SSSR count). The second kappa shape index (κ2) is 10.5. The van der Waals surface area contributed by atoms with Gasteiger partial charge in [0.25, 0.3) is 0 Å². The molecule has 4 aliphatic heterocycles. The summed E-state index contributed by atoms with van der Waals surface area (Å²) in [6.07, 6.45) is 0. The van der Waals surface area contributed by atoms with Crippen LogP contribution in [0.2, 0.25) is 0 Å². The third-order valence-corrected chi connectivity index (χ3v) is 9.97. The Morgan fingerprint density at radius 3 is 1.20 bits per heavy atom. The van der Waals surface area contributed by atoms with Crippen LogP contribution in [0.3, 0.4) is 0 Å². The second-order valence-electron chi connectivity index (χ2n) is 12.8. The summed E-state index contributed by atoms with van der Waals surface area (Å²) in [6, 6.07) is 53.9. The van der Waals surface area contributed by atoms with E-state index in [0.717, 1.165) is 67.5 Å². The van der Waals surface area contributed by atoms with Gasteiger partial charge in [-0.1, -0.05) is 78.9 Å². The van der Waals surface area contributed by atoms with Gasteiger partial charge in [-0.05, 0) is 89.8 Å². The van der Waals surface area contributed by atoms with Crippen molar-refractivity contribution in [2.45, 2.75) is 0 Å². The van der Waals surface area contributed by atoms with E-state index < -0.39 is 13.8 Å². The van der Waals surface area contributed by atoms with Gasteiger partial charge in [0.05, 0.1) is 0 Å². The van der Waals surface area contributed by atoms with Crippen molar-refractivity contribution in [2.24, 2.45) is 0 Å². The van der Waals surface area contributed by atoms with Crippen molar-refractivity contribution >= 4 is 69.8 Å². The number of hydrogen-bond acceptors (Lipinski definition) is 6. The number of fused-ring (bicyclic) bond motifs is 6. The zero-order valence-corrected chi connectivity index (χ0v) is 26.7. The van der Waals surface area contributed by atoms with E-state index >= 15 is 0 Å². The fourth-order valence-electron chi connectivity index (χ4n) is 7.86. The highest BCUT2D eigenvalue weighted by Gasteiger charge is 2.47. The molecular weight excluding hydrogens is 618 g/mol. The maximum atomic E-state index is 7.00. The summed E-state index contributed by atoms with van der Waals surface area (Å²) in [5.41, 5.74) is 10.1. The summed E-state index contributed by atoms with van der Waals surface area (Å²) >= 11 is 0. The lowest BCUT2D eigenvalue weighted by molar-refractivity contribution is 0.465. The van der Waals surface area contributed by atoms with Crippen LogP contribution in [0.15, 0.2) is 158 Å². The van der Waals surface area contributed by atoms with Gasteiger partial charge in [0.1, 0.15) is 23.0 Å². The van der Waals surface area contributed by atoms with Crippen LogP contribution in [0.1, 0.15) is 0 Å². The van der Waals surface area contributed by atoms with E-state index in [1.165, 1.54) is 0 Å². The molecule has 0 atom stereocenters. The number of hydrogen-bond donors (Lipinski definition) is 0. The van der Waals surface area contributed by atoms with Crippen molar-refractivity contribution in [1.82, 2.24) is 0 Å². The van der Waals surface area contributed by atoms with E-state index in [4.69, 9.17) is 18.8 Å². The molecule has 0 saturated carbocycles. The first-order chi connectivity index (χ1) is 24.8. The Bertz CT molecular complexity index is 2320. The molecular formula is C42H26B2N2O4.